The van der Waals surface area contributed by atoms with Gasteiger partial charge in [-0.1, -0.05) is 46.3 Å². The highest BCUT2D eigenvalue weighted by atomic mass is 79.9. The molecule has 2 saturated carbocycles. The first-order valence-corrected chi connectivity index (χ1v) is 11.6. The molecule has 2 aromatic carbocycles. The number of hydrogen-bond acceptors (Lipinski definition) is 3. The molecular weight excluding hydrogens is 456 g/mol. The molecule has 0 radical (unpaired) electrons. The molecule has 0 spiro atoms. The van der Waals surface area contributed by atoms with E-state index in [1.807, 2.05) is 44.2 Å². The first-order valence-electron chi connectivity index (χ1n) is 10.8. The molecule has 6 heteroatoms. The summed E-state index contributed by atoms with van der Waals surface area (Å²) in [6, 6.07) is 14.0. The molecule has 5 rings (SSSR count). The minimum absolute atomic E-state index is 0.159. The quantitative estimate of drug-likeness (QED) is 0.658. The Kier molecular flexibility index (Phi) is 5.00. The molecule has 1 saturated heterocycles. The Morgan fingerprint density at radius 1 is 1.00 bits per heavy atom. The second kappa shape index (κ2) is 7.59. The highest BCUT2D eigenvalue weighted by molar-refractivity contribution is 9.10. The normalized spacial score (nSPS) is 28.9. The van der Waals surface area contributed by atoms with Crippen molar-refractivity contribution in [2.24, 2.45) is 23.7 Å². The Balaban J connectivity index is 1.32. The summed E-state index contributed by atoms with van der Waals surface area (Å²) >= 11 is 3.49. The van der Waals surface area contributed by atoms with E-state index in [0.717, 1.165) is 28.4 Å². The number of likely N-dealkylation sites (tertiary alicyclic amines) is 1. The van der Waals surface area contributed by atoms with Crippen LogP contribution in [0.5, 0.6) is 0 Å². The average Bonchev–Trinajstić information content (AvgIpc) is 3.43. The van der Waals surface area contributed by atoms with E-state index < -0.39 is 0 Å². The zero-order chi connectivity index (χ0) is 21.9. The maximum Gasteiger partial charge on any atom is 0.244 e. The number of halogens is 1. The summed E-state index contributed by atoms with van der Waals surface area (Å²) in [7, 11) is 0. The van der Waals surface area contributed by atoms with Gasteiger partial charge in [-0.15, -0.1) is 0 Å². The molecule has 0 unspecified atom stereocenters. The van der Waals surface area contributed by atoms with Crippen molar-refractivity contribution in [3.05, 3.63) is 63.6 Å². The van der Waals surface area contributed by atoms with Crippen LogP contribution >= 0.6 is 15.9 Å². The van der Waals surface area contributed by atoms with Crippen LogP contribution in [0.25, 0.3) is 0 Å². The molecule has 3 amide bonds. The van der Waals surface area contributed by atoms with Gasteiger partial charge >= 0.3 is 0 Å². The number of imide groups is 1. The highest BCUT2D eigenvalue weighted by Gasteiger charge is 2.63. The van der Waals surface area contributed by atoms with Crippen molar-refractivity contribution < 1.29 is 14.4 Å². The van der Waals surface area contributed by atoms with Crippen molar-refractivity contribution in [1.82, 2.24) is 4.90 Å². The predicted octanol–water partition coefficient (Wildman–Crippen LogP) is 4.43. The third kappa shape index (κ3) is 3.23. The van der Waals surface area contributed by atoms with Gasteiger partial charge in [0.2, 0.25) is 17.7 Å². The van der Waals surface area contributed by atoms with E-state index in [1.54, 1.807) is 0 Å². The Labute approximate surface area is 190 Å². The third-order valence-electron chi connectivity index (χ3n) is 7.63. The van der Waals surface area contributed by atoms with Crippen molar-refractivity contribution in [1.29, 1.82) is 0 Å². The summed E-state index contributed by atoms with van der Waals surface area (Å²) in [5.41, 5.74) is 3.96. The fraction of sp³-hybridized carbons (Fsp3) is 0.400. The van der Waals surface area contributed by atoms with Crippen LogP contribution in [-0.4, -0.2) is 29.2 Å². The zero-order valence-corrected chi connectivity index (χ0v) is 19.2. The van der Waals surface area contributed by atoms with Gasteiger partial charge in [0.15, 0.2) is 0 Å². The van der Waals surface area contributed by atoms with Crippen LogP contribution < -0.4 is 5.32 Å². The number of nitrogens with one attached hydrogen (secondary N) is 1. The Morgan fingerprint density at radius 2 is 1.71 bits per heavy atom. The second-order valence-electron chi connectivity index (χ2n) is 9.12. The maximum absolute atomic E-state index is 13.2. The lowest BCUT2D eigenvalue weighted by Crippen LogP contribution is -2.39. The summed E-state index contributed by atoms with van der Waals surface area (Å²) < 4.78 is 0.976. The Bertz CT molecular complexity index is 1080. The van der Waals surface area contributed by atoms with Gasteiger partial charge in [0.1, 0.15) is 6.54 Å². The SMILES string of the molecule is Cc1c(Br)ccc(NC(=O)CN2C(=O)[C@@H]3[C@@H]4C[C@@H]([C@H]3C2=O)[C@@H](c2ccccc2)C4)c1C. The molecule has 3 aliphatic rings. The third-order valence-corrected chi connectivity index (χ3v) is 8.49. The highest BCUT2D eigenvalue weighted by Crippen LogP contribution is 2.61. The number of anilines is 1. The Morgan fingerprint density at radius 3 is 2.45 bits per heavy atom. The lowest BCUT2D eigenvalue weighted by Gasteiger charge is -2.28. The molecule has 2 aliphatic carbocycles. The smallest absolute Gasteiger partial charge is 0.244 e. The van der Waals surface area contributed by atoms with Crippen LogP contribution in [0, 0.1) is 37.5 Å². The molecule has 2 bridgehead atoms. The van der Waals surface area contributed by atoms with Gasteiger partial charge in [0.25, 0.3) is 0 Å². The van der Waals surface area contributed by atoms with Crippen molar-refractivity contribution in [2.45, 2.75) is 32.6 Å². The lowest BCUT2D eigenvalue weighted by molar-refractivity contribution is -0.143. The number of amides is 3. The van der Waals surface area contributed by atoms with Crippen LogP contribution in [0.3, 0.4) is 0 Å². The van der Waals surface area contributed by atoms with Gasteiger partial charge in [0.05, 0.1) is 11.8 Å². The van der Waals surface area contributed by atoms with Gasteiger partial charge in [-0.2, -0.15) is 0 Å². The molecule has 3 fully saturated rings. The minimum Gasteiger partial charge on any atom is -0.324 e. The van der Waals surface area contributed by atoms with Crippen LogP contribution in [0.2, 0.25) is 0 Å². The standard InChI is InChI=1S/C25H25BrN2O3/c1-13-14(2)20(9-8-19(13)26)27-21(29)12-28-24(30)22-16-10-17(15-6-4-3-5-7-15)18(11-16)23(22)25(28)31/h3-9,16-18,22-23H,10-12H2,1-2H3,(H,27,29)/t16-,17+,18+,22+,23+/m0/s1. The maximum atomic E-state index is 13.2. The van der Waals surface area contributed by atoms with Crippen LogP contribution in [0.15, 0.2) is 46.9 Å². The Hall–Kier alpha value is -2.47. The fourth-order valence-electron chi connectivity index (χ4n) is 6.02. The van der Waals surface area contributed by atoms with E-state index >= 15 is 0 Å². The van der Waals surface area contributed by atoms with Gasteiger partial charge in [0, 0.05) is 10.2 Å². The zero-order valence-electron chi connectivity index (χ0n) is 17.6. The van der Waals surface area contributed by atoms with E-state index in [2.05, 4.69) is 33.4 Å². The van der Waals surface area contributed by atoms with E-state index in [-0.39, 0.29) is 47.9 Å². The summed E-state index contributed by atoms with van der Waals surface area (Å²) in [5, 5.41) is 2.88. The molecule has 1 aliphatic heterocycles. The van der Waals surface area contributed by atoms with Gasteiger partial charge in [-0.25, -0.2) is 0 Å². The number of hydrogen-bond donors (Lipinski definition) is 1. The van der Waals surface area contributed by atoms with Crippen LogP contribution in [0.4, 0.5) is 5.69 Å². The fourth-order valence-corrected chi connectivity index (χ4v) is 6.45. The number of carbonyl (C=O) groups excluding carboxylic acids is 3. The second-order valence-corrected chi connectivity index (χ2v) is 9.97. The van der Waals surface area contributed by atoms with Crippen LogP contribution in [-0.2, 0) is 14.4 Å². The molecule has 2 aromatic rings. The molecule has 5 nitrogen and oxygen atoms in total. The van der Waals surface area contributed by atoms with Crippen molar-refractivity contribution in [3.8, 4) is 0 Å². The number of carbonyl (C=O) groups is 3. The van der Waals surface area contributed by atoms with E-state index in [9.17, 15) is 14.4 Å². The molecule has 1 N–H and O–H groups in total. The number of rotatable bonds is 4. The van der Waals surface area contributed by atoms with Crippen LogP contribution in [0.1, 0.15) is 35.4 Å². The first-order chi connectivity index (χ1) is 14.9. The topological polar surface area (TPSA) is 66.5 Å². The summed E-state index contributed by atoms with van der Waals surface area (Å²) in [5.74, 6) is -0.429. The monoisotopic (exact) mass is 480 g/mol. The summed E-state index contributed by atoms with van der Waals surface area (Å²) in [6.45, 7) is 3.70. The molecular formula is C25H25BrN2O3. The van der Waals surface area contributed by atoms with Crippen molar-refractivity contribution in [3.63, 3.8) is 0 Å². The summed E-state index contributed by atoms with van der Waals surface area (Å²) in [4.78, 5) is 40.3. The van der Waals surface area contributed by atoms with Crippen molar-refractivity contribution in [2.75, 3.05) is 11.9 Å². The predicted molar refractivity (Wildman–Crippen MR) is 121 cm³/mol. The van der Waals surface area contributed by atoms with E-state index in [1.165, 1.54) is 10.5 Å². The number of nitrogens with zero attached hydrogens (tertiary/aromatic N) is 1. The minimum atomic E-state index is -0.335. The lowest BCUT2D eigenvalue weighted by atomic mass is 9.73. The van der Waals surface area contributed by atoms with E-state index in [0.29, 0.717) is 11.6 Å². The first kappa shape index (κ1) is 20.4. The summed E-state index contributed by atoms with van der Waals surface area (Å²) in [6.07, 6.45) is 1.88. The molecule has 1 heterocycles. The van der Waals surface area contributed by atoms with Gasteiger partial charge in [-0.05, 0) is 73.3 Å². The number of fused-ring (bicyclic) bond motifs is 5. The molecule has 160 valence electrons. The molecule has 5 atom stereocenters. The van der Waals surface area contributed by atoms with Gasteiger partial charge in [-0.3, -0.25) is 19.3 Å². The van der Waals surface area contributed by atoms with E-state index in [4.69, 9.17) is 0 Å². The molecule has 31 heavy (non-hydrogen) atoms. The largest absolute Gasteiger partial charge is 0.324 e. The van der Waals surface area contributed by atoms with Crippen molar-refractivity contribution >= 4 is 39.3 Å². The molecule has 0 aromatic heterocycles. The average molecular weight is 481 g/mol. The van der Waals surface area contributed by atoms with Gasteiger partial charge < -0.3 is 5.32 Å². The number of benzene rings is 2.